The lowest BCUT2D eigenvalue weighted by molar-refractivity contribution is 0.603. The highest BCUT2D eigenvalue weighted by Gasteiger charge is 2.04. The fraction of sp³-hybridized carbons (Fsp3) is 0.417. The SMILES string of the molecule is CCCn1cc(-c2csc(CNC)c2)cn1. The average Bonchev–Trinajstić information content (AvgIpc) is 2.87. The highest BCUT2D eigenvalue weighted by atomic mass is 32.1. The Balaban J connectivity index is 2.14. The topological polar surface area (TPSA) is 29.9 Å². The molecule has 0 aliphatic heterocycles. The molecule has 0 bridgehead atoms. The molecule has 0 fully saturated rings. The fourth-order valence-electron chi connectivity index (χ4n) is 1.66. The molecule has 3 nitrogen and oxygen atoms in total. The zero-order valence-electron chi connectivity index (χ0n) is 9.73. The third-order valence-electron chi connectivity index (χ3n) is 2.42. The molecule has 0 spiro atoms. The van der Waals surface area contributed by atoms with E-state index in [0.29, 0.717) is 0 Å². The maximum absolute atomic E-state index is 4.34. The molecule has 2 heterocycles. The molecule has 16 heavy (non-hydrogen) atoms. The Kier molecular flexibility index (Phi) is 3.74. The molecule has 0 aliphatic carbocycles. The van der Waals surface area contributed by atoms with E-state index in [4.69, 9.17) is 0 Å². The van der Waals surface area contributed by atoms with Crippen LogP contribution >= 0.6 is 11.3 Å². The van der Waals surface area contributed by atoms with E-state index in [1.54, 1.807) is 11.3 Å². The summed E-state index contributed by atoms with van der Waals surface area (Å²) in [5, 5.41) is 9.70. The summed E-state index contributed by atoms with van der Waals surface area (Å²) < 4.78 is 2.00. The summed E-state index contributed by atoms with van der Waals surface area (Å²) in [6.45, 7) is 4.10. The number of rotatable bonds is 5. The Hall–Kier alpha value is -1.13. The van der Waals surface area contributed by atoms with E-state index < -0.39 is 0 Å². The van der Waals surface area contributed by atoms with Crippen LogP contribution in [0, 0.1) is 0 Å². The average molecular weight is 235 g/mol. The maximum Gasteiger partial charge on any atom is 0.0568 e. The normalized spacial score (nSPS) is 10.9. The van der Waals surface area contributed by atoms with E-state index in [-0.39, 0.29) is 0 Å². The van der Waals surface area contributed by atoms with Crippen LogP contribution in [0.15, 0.2) is 23.8 Å². The summed E-state index contributed by atoms with van der Waals surface area (Å²) in [4.78, 5) is 1.36. The number of aromatic nitrogens is 2. The summed E-state index contributed by atoms with van der Waals surface area (Å²) in [6, 6.07) is 2.23. The van der Waals surface area contributed by atoms with Gasteiger partial charge in [-0.15, -0.1) is 11.3 Å². The largest absolute Gasteiger partial charge is 0.315 e. The van der Waals surface area contributed by atoms with Crippen LogP contribution in [0.4, 0.5) is 0 Å². The summed E-state index contributed by atoms with van der Waals surface area (Å²) in [5.74, 6) is 0. The maximum atomic E-state index is 4.34. The van der Waals surface area contributed by atoms with Crippen molar-refractivity contribution in [1.82, 2.24) is 15.1 Å². The van der Waals surface area contributed by atoms with Crippen molar-refractivity contribution in [2.24, 2.45) is 0 Å². The molecule has 0 radical (unpaired) electrons. The van der Waals surface area contributed by atoms with Gasteiger partial charge in [0, 0.05) is 29.7 Å². The molecule has 0 saturated heterocycles. The highest BCUT2D eigenvalue weighted by Crippen LogP contribution is 2.25. The Morgan fingerprint density at radius 1 is 1.44 bits per heavy atom. The lowest BCUT2D eigenvalue weighted by Crippen LogP contribution is -2.02. The van der Waals surface area contributed by atoms with Gasteiger partial charge in [-0.1, -0.05) is 6.92 Å². The van der Waals surface area contributed by atoms with Gasteiger partial charge in [0.1, 0.15) is 0 Å². The van der Waals surface area contributed by atoms with E-state index in [1.165, 1.54) is 16.0 Å². The first-order valence-corrected chi connectivity index (χ1v) is 6.46. The predicted molar refractivity (Wildman–Crippen MR) is 68.6 cm³/mol. The second-order valence-corrected chi connectivity index (χ2v) is 4.82. The summed E-state index contributed by atoms with van der Waals surface area (Å²) >= 11 is 1.79. The highest BCUT2D eigenvalue weighted by molar-refractivity contribution is 7.10. The quantitative estimate of drug-likeness (QED) is 0.863. The van der Waals surface area contributed by atoms with Crippen molar-refractivity contribution in [2.75, 3.05) is 7.05 Å². The van der Waals surface area contributed by atoms with Gasteiger partial charge in [-0.05, 0) is 30.5 Å². The van der Waals surface area contributed by atoms with E-state index in [0.717, 1.165) is 19.5 Å². The smallest absolute Gasteiger partial charge is 0.0568 e. The molecule has 0 amide bonds. The Morgan fingerprint density at radius 3 is 3.06 bits per heavy atom. The van der Waals surface area contributed by atoms with Crippen molar-refractivity contribution in [3.05, 3.63) is 28.7 Å². The number of hydrogen-bond acceptors (Lipinski definition) is 3. The lowest BCUT2D eigenvalue weighted by Gasteiger charge is -1.94. The van der Waals surface area contributed by atoms with Crippen LogP contribution < -0.4 is 5.32 Å². The number of nitrogens with one attached hydrogen (secondary N) is 1. The van der Waals surface area contributed by atoms with Gasteiger partial charge in [-0.3, -0.25) is 4.68 Å². The minimum atomic E-state index is 0.938. The van der Waals surface area contributed by atoms with Crippen molar-refractivity contribution >= 4 is 11.3 Å². The number of thiophene rings is 1. The minimum absolute atomic E-state index is 0.938. The second-order valence-electron chi connectivity index (χ2n) is 3.82. The number of hydrogen-bond donors (Lipinski definition) is 1. The van der Waals surface area contributed by atoms with Crippen LogP contribution in [0.3, 0.4) is 0 Å². The van der Waals surface area contributed by atoms with Gasteiger partial charge in [0.25, 0.3) is 0 Å². The molecule has 4 heteroatoms. The monoisotopic (exact) mass is 235 g/mol. The Morgan fingerprint density at radius 2 is 2.31 bits per heavy atom. The van der Waals surface area contributed by atoms with Crippen molar-refractivity contribution in [3.63, 3.8) is 0 Å². The van der Waals surface area contributed by atoms with E-state index in [9.17, 15) is 0 Å². The Labute approximate surface area is 100 Å². The van der Waals surface area contributed by atoms with Crippen LogP contribution in [-0.4, -0.2) is 16.8 Å². The van der Waals surface area contributed by atoms with E-state index in [2.05, 4.69) is 35.0 Å². The van der Waals surface area contributed by atoms with E-state index >= 15 is 0 Å². The molecule has 0 unspecified atom stereocenters. The van der Waals surface area contributed by atoms with Gasteiger partial charge in [0.05, 0.1) is 6.20 Å². The molecular weight excluding hydrogens is 218 g/mol. The fourth-order valence-corrected chi connectivity index (χ4v) is 2.57. The van der Waals surface area contributed by atoms with Gasteiger partial charge in [0.2, 0.25) is 0 Å². The number of nitrogens with zero attached hydrogens (tertiary/aromatic N) is 2. The van der Waals surface area contributed by atoms with Crippen molar-refractivity contribution < 1.29 is 0 Å². The third-order valence-corrected chi connectivity index (χ3v) is 3.36. The molecule has 0 atom stereocenters. The molecular formula is C12H17N3S. The predicted octanol–water partition coefficient (Wildman–Crippen LogP) is 2.74. The van der Waals surface area contributed by atoms with Gasteiger partial charge < -0.3 is 5.32 Å². The first-order chi connectivity index (χ1) is 7.83. The van der Waals surface area contributed by atoms with E-state index in [1.807, 2.05) is 17.9 Å². The van der Waals surface area contributed by atoms with Gasteiger partial charge >= 0.3 is 0 Å². The molecule has 2 rings (SSSR count). The van der Waals surface area contributed by atoms with Crippen LogP contribution in [-0.2, 0) is 13.1 Å². The molecule has 0 aliphatic rings. The summed E-state index contributed by atoms with van der Waals surface area (Å²) in [7, 11) is 1.97. The zero-order chi connectivity index (χ0) is 11.4. The van der Waals surface area contributed by atoms with Crippen molar-refractivity contribution in [2.45, 2.75) is 26.4 Å². The van der Waals surface area contributed by atoms with Crippen LogP contribution in [0.2, 0.25) is 0 Å². The molecule has 2 aromatic rings. The van der Waals surface area contributed by atoms with Crippen LogP contribution in [0.25, 0.3) is 11.1 Å². The third kappa shape index (κ3) is 2.51. The van der Waals surface area contributed by atoms with Gasteiger partial charge in [-0.2, -0.15) is 5.10 Å². The standard InChI is InChI=1S/C12H17N3S/c1-3-4-15-8-11(6-14-15)10-5-12(7-13-2)16-9-10/h5-6,8-9,13H,3-4,7H2,1-2H3. The van der Waals surface area contributed by atoms with Gasteiger partial charge in [0.15, 0.2) is 0 Å². The summed E-state index contributed by atoms with van der Waals surface area (Å²) in [6.07, 6.45) is 5.19. The number of aryl methyl sites for hydroxylation is 1. The molecule has 0 aromatic carbocycles. The van der Waals surface area contributed by atoms with Gasteiger partial charge in [-0.25, -0.2) is 0 Å². The van der Waals surface area contributed by atoms with Crippen molar-refractivity contribution in [1.29, 1.82) is 0 Å². The second kappa shape index (κ2) is 5.27. The van der Waals surface area contributed by atoms with Crippen molar-refractivity contribution in [3.8, 4) is 11.1 Å². The first kappa shape index (κ1) is 11.4. The summed E-state index contributed by atoms with van der Waals surface area (Å²) in [5.41, 5.74) is 2.49. The van der Waals surface area contributed by atoms with Crippen LogP contribution in [0.1, 0.15) is 18.2 Å². The first-order valence-electron chi connectivity index (χ1n) is 5.58. The molecule has 0 saturated carbocycles. The Bertz CT molecular complexity index is 402. The molecule has 2 aromatic heterocycles. The lowest BCUT2D eigenvalue weighted by atomic mass is 10.2. The minimum Gasteiger partial charge on any atom is -0.315 e. The molecule has 86 valence electrons. The molecule has 1 N–H and O–H groups in total. The van der Waals surface area contributed by atoms with Crippen LogP contribution in [0.5, 0.6) is 0 Å². The zero-order valence-corrected chi connectivity index (χ0v) is 10.5.